The third kappa shape index (κ3) is 5.91. The first-order valence-electron chi connectivity index (χ1n) is 11.8. The average molecular weight is 563 g/mol. The van der Waals surface area contributed by atoms with Gasteiger partial charge in [-0.25, -0.2) is 9.37 Å². The second kappa shape index (κ2) is 10.3. The highest BCUT2D eigenvalue weighted by Crippen LogP contribution is 2.39. The van der Waals surface area contributed by atoms with E-state index in [-0.39, 0.29) is 31.1 Å². The number of benzene rings is 3. The summed E-state index contributed by atoms with van der Waals surface area (Å²) in [6.07, 6.45) is -0.754. The predicted molar refractivity (Wildman–Crippen MR) is 135 cm³/mol. The highest BCUT2D eigenvalue weighted by Gasteiger charge is 2.46. The van der Waals surface area contributed by atoms with E-state index in [9.17, 15) is 31.1 Å². The summed E-state index contributed by atoms with van der Waals surface area (Å²) in [5.41, 5.74) is -3.42. The molecule has 2 atom stereocenters. The second-order valence-corrected chi connectivity index (χ2v) is 10.8. The number of halogens is 4. The number of aliphatic hydroxyl groups is 1. The zero-order valence-electron chi connectivity index (χ0n) is 20.2. The van der Waals surface area contributed by atoms with Gasteiger partial charge in [-0.2, -0.15) is 21.6 Å². The lowest BCUT2D eigenvalue weighted by Gasteiger charge is -2.30. The van der Waals surface area contributed by atoms with E-state index in [1.54, 1.807) is 42.5 Å². The Morgan fingerprint density at radius 1 is 1.05 bits per heavy atom. The molecule has 1 aliphatic heterocycles. The smallest absolute Gasteiger partial charge is 0.493 e. The van der Waals surface area contributed by atoms with Crippen LogP contribution in [-0.4, -0.2) is 30.6 Å². The Morgan fingerprint density at radius 2 is 1.87 bits per heavy atom. The first-order valence-corrected chi connectivity index (χ1v) is 13.3. The standard InChI is InChI=1S/C27H22F4N2O5S/c28-19-5-8-24-17(12-19)4-6-21(32-24)15-37-22-7-9-25-23(13-22)26(34)18(14-38-25)10-16-2-1-3-20(11-16)33-39(35,36)27(29,30)31/h1-9,11-13,18,26,33-34H,10,14-15H2/t18-,26-/m1/s1. The molecule has 2 heterocycles. The van der Waals surface area contributed by atoms with Crippen molar-refractivity contribution >= 4 is 26.6 Å². The van der Waals surface area contributed by atoms with Gasteiger partial charge in [0.15, 0.2) is 0 Å². The van der Waals surface area contributed by atoms with Crippen molar-refractivity contribution < 1.29 is 40.6 Å². The topological polar surface area (TPSA) is 97.8 Å². The maximum atomic E-state index is 13.4. The van der Waals surface area contributed by atoms with Crippen LogP contribution in [0.2, 0.25) is 0 Å². The van der Waals surface area contributed by atoms with Crippen LogP contribution >= 0.6 is 0 Å². The van der Waals surface area contributed by atoms with Gasteiger partial charge in [0.25, 0.3) is 0 Å². The van der Waals surface area contributed by atoms with Gasteiger partial charge in [0.1, 0.15) is 23.9 Å². The summed E-state index contributed by atoms with van der Waals surface area (Å²) in [5, 5.41) is 11.7. The van der Waals surface area contributed by atoms with Gasteiger partial charge in [0.2, 0.25) is 0 Å². The van der Waals surface area contributed by atoms with Crippen LogP contribution in [-0.2, 0) is 23.1 Å². The van der Waals surface area contributed by atoms with Crippen LogP contribution in [0.3, 0.4) is 0 Å². The number of rotatable bonds is 7. The van der Waals surface area contributed by atoms with Gasteiger partial charge in [-0.15, -0.1) is 0 Å². The van der Waals surface area contributed by atoms with Gasteiger partial charge in [-0.1, -0.05) is 18.2 Å². The van der Waals surface area contributed by atoms with E-state index in [0.717, 1.165) is 0 Å². The number of nitrogens with one attached hydrogen (secondary N) is 1. The van der Waals surface area contributed by atoms with Gasteiger partial charge < -0.3 is 14.6 Å². The summed E-state index contributed by atoms with van der Waals surface area (Å²) in [5.74, 6) is 0.134. The molecule has 0 radical (unpaired) electrons. The third-order valence-corrected chi connectivity index (χ3v) is 7.39. The van der Waals surface area contributed by atoms with Gasteiger partial charge >= 0.3 is 15.5 Å². The van der Waals surface area contributed by atoms with Gasteiger partial charge in [-0.05, 0) is 66.6 Å². The number of aliphatic hydroxyl groups excluding tert-OH is 1. The minimum atomic E-state index is -5.55. The van der Waals surface area contributed by atoms with Crippen LogP contribution in [0, 0.1) is 11.7 Å². The SMILES string of the molecule is O=S(=O)(Nc1cccc(C[C@@H]2COc3ccc(OCc4ccc5cc(F)ccc5n4)cc3[C@@H]2O)c1)C(F)(F)F. The lowest BCUT2D eigenvalue weighted by Crippen LogP contribution is -2.30. The molecule has 1 aromatic heterocycles. The first kappa shape index (κ1) is 26.7. The molecule has 39 heavy (non-hydrogen) atoms. The molecule has 0 unspecified atom stereocenters. The molecule has 1 aliphatic rings. The lowest BCUT2D eigenvalue weighted by molar-refractivity contribution is -0.0429. The number of sulfonamides is 1. The van der Waals surface area contributed by atoms with Crippen molar-refractivity contribution in [2.24, 2.45) is 5.92 Å². The van der Waals surface area contributed by atoms with E-state index < -0.39 is 27.6 Å². The number of pyridine rings is 1. The minimum Gasteiger partial charge on any atom is -0.493 e. The Bertz CT molecular complexity index is 1630. The number of fused-ring (bicyclic) bond motifs is 2. The summed E-state index contributed by atoms with van der Waals surface area (Å²) in [4.78, 5) is 4.46. The van der Waals surface area contributed by atoms with Crippen molar-refractivity contribution in [1.29, 1.82) is 0 Å². The van der Waals surface area contributed by atoms with E-state index in [0.29, 0.717) is 39.2 Å². The molecule has 3 aromatic carbocycles. The number of hydrogen-bond acceptors (Lipinski definition) is 6. The van der Waals surface area contributed by atoms with E-state index in [2.05, 4.69) is 4.98 Å². The number of nitrogens with zero attached hydrogens (tertiary/aromatic N) is 1. The van der Waals surface area contributed by atoms with Crippen molar-refractivity contribution in [1.82, 2.24) is 4.98 Å². The van der Waals surface area contributed by atoms with Crippen LogP contribution < -0.4 is 14.2 Å². The summed E-state index contributed by atoms with van der Waals surface area (Å²) in [7, 11) is -5.55. The maximum absolute atomic E-state index is 13.4. The Balaban J connectivity index is 1.27. The van der Waals surface area contributed by atoms with Crippen molar-refractivity contribution in [3.05, 3.63) is 95.4 Å². The van der Waals surface area contributed by atoms with Gasteiger partial charge in [0, 0.05) is 22.6 Å². The first-order chi connectivity index (χ1) is 18.5. The Labute approximate surface area is 221 Å². The number of aromatic nitrogens is 1. The fourth-order valence-corrected chi connectivity index (χ4v) is 4.90. The quantitative estimate of drug-likeness (QED) is 0.289. The van der Waals surface area contributed by atoms with Crippen LogP contribution in [0.25, 0.3) is 10.9 Å². The molecular formula is C27H22F4N2O5S. The fraction of sp³-hybridized carbons (Fsp3) is 0.222. The maximum Gasteiger partial charge on any atom is 0.516 e. The largest absolute Gasteiger partial charge is 0.516 e. The Hall–Kier alpha value is -3.90. The fourth-order valence-electron chi connectivity index (χ4n) is 4.35. The molecule has 7 nitrogen and oxygen atoms in total. The molecular weight excluding hydrogens is 540 g/mol. The molecule has 0 saturated carbocycles. The molecule has 0 spiro atoms. The highest BCUT2D eigenvalue weighted by atomic mass is 32.2. The zero-order chi connectivity index (χ0) is 27.8. The van der Waals surface area contributed by atoms with Crippen LogP contribution in [0.5, 0.6) is 11.5 Å². The van der Waals surface area contributed by atoms with Gasteiger partial charge in [0.05, 0.1) is 23.9 Å². The number of anilines is 1. The highest BCUT2D eigenvalue weighted by molar-refractivity contribution is 7.93. The molecule has 204 valence electrons. The normalized spacial score (nSPS) is 17.4. The molecule has 12 heteroatoms. The summed E-state index contributed by atoms with van der Waals surface area (Å²) in [6, 6.07) is 18.4. The third-order valence-electron chi connectivity index (χ3n) is 6.28. The summed E-state index contributed by atoms with van der Waals surface area (Å²) < 4.78 is 87.6. The predicted octanol–water partition coefficient (Wildman–Crippen LogP) is 5.50. The van der Waals surface area contributed by atoms with E-state index >= 15 is 0 Å². The molecule has 0 fully saturated rings. The van der Waals surface area contributed by atoms with Crippen molar-refractivity contribution in [3.63, 3.8) is 0 Å². The van der Waals surface area contributed by atoms with Crippen LogP contribution in [0.4, 0.5) is 23.2 Å². The molecule has 0 saturated heterocycles. The minimum absolute atomic E-state index is 0.132. The molecule has 4 aromatic rings. The number of alkyl halides is 3. The second-order valence-electron chi connectivity index (χ2n) is 9.10. The zero-order valence-corrected chi connectivity index (χ0v) is 21.0. The van der Waals surface area contributed by atoms with E-state index in [4.69, 9.17) is 9.47 Å². The molecule has 2 N–H and O–H groups in total. The Kier molecular flexibility index (Phi) is 7.08. The van der Waals surface area contributed by atoms with Crippen molar-refractivity contribution in [2.45, 2.75) is 24.6 Å². The Morgan fingerprint density at radius 3 is 2.67 bits per heavy atom. The molecule has 0 amide bonds. The molecule has 5 rings (SSSR count). The van der Waals surface area contributed by atoms with Crippen molar-refractivity contribution in [2.75, 3.05) is 11.3 Å². The van der Waals surface area contributed by atoms with E-state index in [1.807, 2.05) is 0 Å². The van der Waals surface area contributed by atoms with Crippen LogP contribution in [0.1, 0.15) is 22.9 Å². The summed E-state index contributed by atoms with van der Waals surface area (Å²) >= 11 is 0. The van der Waals surface area contributed by atoms with Gasteiger partial charge in [-0.3, -0.25) is 4.72 Å². The van der Waals surface area contributed by atoms with Crippen LogP contribution in [0.15, 0.2) is 72.8 Å². The van der Waals surface area contributed by atoms with Crippen molar-refractivity contribution in [3.8, 4) is 11.5 Å². The number of hydrogen-bond donors (Lipinski definition) is 2. The lowest BCUT2D eigenvalue weighted by atomic mass is 9.88. The molecule has 0 bridgehead atoms. The summed E-state index contributed by atoms with van der Waals surface area (Å²) in [6.45, 7) is 0.279. The van der Waals surface area contributed by atoms with E-state index in [1.165, 1.54) is 35.1 Å². The average Bonchev–Trinajstić information content (AvgIpc) is 2.88. The molecule has 0 aliphatic carbocycles. The monoisotopic (exact) mass is 562 g/mol. The number of ether oxygens (including phenoxy) is 2.